The molecule has 1 heteroatoms. The van der Waals surface area contributed by atoms with Gasteiger partial charge in [-0.1, -0.05) is 46.3 Å². The molecular weight excluding hydrogens is 316 g/mol. The fraction of sp³-hybridized carbons (Fsp3) is 0.920. The van der Waals surface area contributed by atoms with Crippen LogP contribution in [0.1, 0.15) is 92.4 Å². The Balaban J connectivity index is 1.58. The first kappa shape index (κ1) is 19.0. The summed E-state index contributed by atoms with van der Waals surface area (Å²) in [5.74, 6) is 5.40. The van der Waals surface area contributed by atoms with E-state index in [1.165, 1.54) is 44.9 Å². The van der Waals surface area contributed by atoms with E-state index in [4.69, 9.17) is 0 Å². The third kappa shape index (κ3) is 2.83. The summed E-state index contributed by atoms with van der Waals surface area (Å²) in [6.45, 7) is 12.6. The van der Waals surface area contributed by atoms with Gasteiger partial charge in [-0.3, -0.25) is 0 Å². The normalized spacial score (nSPS) is 49.2. The first-order valence-corrected chi connectivity index (χ1v) is 11.6. The van der Waals surface area contributed by atoms with Crippen molar-refractivity contribution in [2.45, 2.75) is 98.5 Å². The maximum atomic E-state index is 10.2. The molecule has 0 spiro atoms. The van der Waals surface area contributed by atoms with Gasteiger partial charge in [0, 0.05) is 0 Å². The second-order valence-corrected chi connectivity index (χ2v) is 11.5. The lowest BCUT2D eigenvalue weighted by atomic mass is 9.47. The predicted octanol–water partition coefficient (Wildman–Crippen LogP) is 6.61. The van der Waals surface area contributed by atoms with Gasteiger partial charge in [0.1, 0.15) is 0 Å². The van der Waals surface area contributed by atoms with E-state index < -0.39 is 0 Å². The number of hydrogen-bond acceptors (Lipinski definition) is 1. The number of fused-ring (bicyclic) bond motifs is 5. The summed E-state index contributed by atoms with van der Waals surface area (Å²) in [7, 11) is 0. The minimum Gasteiger partial charge on any atom is -0.393 e. The highest BCUT2D eigenvalue weighted by atomic mass is 16.3. The van der Waals surface area contributed by atoms with Gasteiger partial charge in [-0.2, -0.15) is 0 Å². The molecule has 3 fully saturated rings. The van der Waals surface area contributed by atoms with Crippen molar-refractivity contribution in [2.24, 2.45) is 46.3 Å². The molecule has 0 aromatic heterocycles. The summed E-state index contributed by atoms with van der Waals surface area (Å²) in [6.07, 6.45) is 14.3. The Morgan fingerprint density at radius 2 is 1.81 bits per heavy atom. The standard InChI is InChI=1S/C25H42O/c1-16(2)14-17(3)21-8-9-22-20-7-6-18-15-19(26)10-12-24(18,4)23(20)11-13-25(21,22)5/h6,16-17,19-23,26H,7-15H2,1-5H3/t17-,19-,20?,21+,22?,23?,24-,25+/m0/s1. The molecule has 0 aromatic carbocycles. The molecule has 0 aromatic rings. The van der Waals surface area contributed by atoms with Crippen LogP contribution >= 0.6 is 0 Å². The van der Waals surface area contributed by atoms with E-state index in [2.05, 4.69) is 40.7 Å². The van der Waals surface area contributed by atoms with Crippen LogP contribution in [0.5, 0.6) is 0 Å². The van der Waals surface area contributed by atoms with Crippen LogP contribution in [0.4, 0.5) is 0 Å². The van der Waals surface area contributed by atoms with E-state index in [9.17, 15) is 5.11 Å². The zero-order valence-electron chi connectivity index (χ0n) is 17.9. The molecule has 0 radical (unpaired) electrons. The van der Waals surface area contributed by atoms with Crippen molar-refractivity contribution in [3.8, 4) is 0 Å². The summed E-state index contributed by atoms with van der Waals surface area (Å²) < 4.78 is 0. The maximum absolute atomic E-state index is 10.2. The molecule has 26 heavy (non-hydrogen) atoms. The molecule has 4 rings (SSSR count). The van der Waals surface area contributed by atoms with E-state index >= 15 is 0 Å². The van der Waals surface area contributed by atoms with Crippen molar-refractivity contribution in [3.63, 3.8) is 0 Å². The van der Waals surface area contributed by atoms with Gasteiger partial charge in [-0.15, -0.1) is 0 Å². The second-order valence-electron chi connectivity index (χ2n) is 11.5. The third-order valence-corrected chi connectivity index (χ3v) is 9.68. The van der Waals surface area contributed by atoms with Crippen molar-refractivity contribution in [1.82, 2.24) is 0 Å². The molecule has 0 saturated heterocycles. The molecular formula is C25H42O. The lowest BCUT2D eigenvalue weighted by Gasteiger charge is -2.58. The van der Waals surface area contributed by atoms with Crippen molar-refractivity contribution in [2.75, 3.05) is 0 Å². The minimum atomic E-state index is -0.0764. The van der Waals surface area contributed by atoms with E-state index in [0.29, 0.717) is 10.8 Å². The Morgan fingerprint density at radius 1 is 1.04 bits per heavy atom. The lowest BCUT2D eigenvalue weighted by molar-refractivity contribution is -0.0577. The highest BCUT2D eigenvalue weighted by Crippen LogP contribution is 2.67. The van der Waals surface area contributed by atoms with E-state index in [1.54, 1.807) is 5.57 Å². The number of rotatable bonds is 3. The average molecular weight is 359 g/mol. The summed E-state index contributed by atoms with van der Waals surface area (Å²) in [6, 6.07) is 0. The Morgan fingerprint density at radius 3 is 2.54 bits per heavy atom. The number of allylic oxidation sites excluding steroid dienone is 1. The average Bonchev–Trinajstić information content (AvgIpc) is 2.92. The van der Waals surface area contributed by atoms with Crippen molar-refractivity contribution in [3.05, 3.63) is 11.6 Å². The van der Waals surface area contributed by atoms with Gasteiger partial charge >= 0.3 is 0 Å². The summed E-state index contributed by atoms with van der Waals surface area (Å²) in [5.41, 5.74) is 2.60. The summed E-state index contributed by atoms with van der Waals surface area (Å²) >= 11 is 0. The summed E-state index contributed by atoms with van der Waals surface area (Å²) in [4.78, 5) is 0. The second kappa shape index (κ2) is 6.64. The predicted molar refractivity (Wildman–Crippen MR) is 110 cm³/mol. The van der Waals surface area contributed by atoms with Gasteiger partial charge in [0.15, 0.2) is 0 Å². The molecule has 1 nitrogen and oxygen atoms in total. The van der Waals surface area contributed by atoms with Crippen molar-refractivity contribution < 1.29 is 5.11 Å². The molecule has 4 aliphatic rings. The van der Waals surface area contributed by atoms with E-state index in [0.717, 1.165) is 48.3 Å². The molecule has 3 unspecified atom stereocenters. The van der Waals surface area contributed by atoms with Gasteiger partial charge in [-0.25, -0.2) is 0 Å². The molecule has 4 aliphatic carbocycles. The largest absolute Gasteiger partial charge is 0.393 e. The van der Waals surface area contributed by atoms with Gasteiger partial charge < -0.3 is 5.11 Å². The molecule has 3 saturated carbocycles. The van der Waals surface area contributed by atoms with Crippen LogP contribution in [-0.4, -0.2) is 11.2 Å². The van der Waals surface area contributed by atoms with Crippen molar-refractivity contribution >= 4 is 0 Å². The first-order valence-electron chi connectivity index (χ1n) is 11.6. The van der Waals surface area contributed by atoms with Crippen LogP contribution in [0.3, 0.4) is 0 Å². The van der Waals surface area contributed by atoms with Crippen LogP contribution in [0.15, 0.2) is 11.6 Å². The SMILES string of the molecule is CC(C)C[C@H](C)[C@H]1CCC2C3CC=C4C[C@@H](O)CC[C@]4(C)C3CC[C@@]21C. The molecule has 0 aliphatic heterocycles. The monoisotopic (exact) mass is 358 g/mol. The Labute approximate surface area is 162 Å². The van der Waals surface area contributed by atoms with Gasteiger partial charge in [0.2, 0.25) is 0 Å². The highest BCUT2D eigenvalue weighted by molar-refractivity contribution is 5.25. The summed E-state index contributed by atoms with van der Waals surface area (Å²) in [5, 5.41) is 10.2. The molecule has 148 valence electrons. The zero-order valence-corrected chi connectivity index (χ0v) is 17.9. The third-order valence-electron chi connectivity index (χ3n) is 9.68. The number of hydrogen-bond donors (Lipinski definition) is 1. The Kier molecular flexibility index (Phi) is 4.86. The quantitative estimate of drug-likeness (QED) is 0.563. The van der Waals surface area contributed by atoms with Crippen LogP contribution < -0.4 is 0 Å². The Bertz CT molecular complexity index is 563. The number of aliphatic hydroxyl groups is 1. The van der Waals surface area contributed by atoms with Crippen LogP contribution in [0, 0.1) is 46.3 Å². The topological polar surface area (TPSA) is 20.2 Å². The lowest BCUT2D eigenvalue weighted by Crippen LogP contribution is -2.50. The van der Waals surface area contributed by atoms with Crippen LogP contribution in [0.25, 0.3) is 0 Å². The highest BCUT2D eigenvalue weighted by Gasteiger charge is 2.59. The fourth-order valence-corrected chi connectivity index (χ4v) is 8.52. The van der Waals surface area contributed by atoms with E-state index in [-0.39, 0.29) is 6.10 Å². The van der Waals surface area contributed by atoms with Crippen LogP contribution in [0.2, 0.25) is 0 Å². The van der Waals surface area contributed by atoms with Crippen LogP contribution in [-0.2, 0) is 0 Å². The fourth-order valence-electron chi connectivity index (χ4n) is 8.52. The van der Waals surface area contributed by atoms with E-state index in [1.807, 2.05) is 0 Å². The van der Waals surface area contributed by atoms with Gasteiger partial charge in [0.05, 0.1) is 6.10 Å². The Hall–Kier alpha value is -0.300. The molecule has 0 amide bonds. The van der Waals surface area contributed by atoms with Gasteiger partial charge in [0.25, 0.3) is 0 Å². The molecule has 0 heterocycles. The van der Waals surface area contributed by atoms with Crippen molar-refractivity contribution in [1.29, 1.82) is 0 Å². The molecule has 1 N–H and O–H groups in total. The molecule has 8 atom stereocenters. The van der Waals surface area contributed by atoms with Gasteiger partial charge in [-0.05, 0) is 104 Å². The number of aliphatic hydroxyl groups excluding tert-OH is 1. The molecule has 0 bridgehead atoms. The maximum Gasteiger partial charge on any atom is 0.0577 e. The zero-order chi connectivity index (χ0) is 18.7. The minimum absolute atomic E-state index is 0.0764. The first-order chi connectivity index (χ1) is 12.3. The smallest absolute Gasteiger partial charge is 0.0577 e.